The number of nitrogens with zero attached hydrogens (tertiary/aromatic N) is 2. The van der Waals surface area contributed by atoms with Crippen molar-refractivity contribution in [1.29, 1.82) is 0 Å². The van der Waals surface area contributed by atoms with Gasteiger partial charge in [0.15, 0.2) is 4.96 Å². The Bertz CT molecular complexity index is 792. The third-order valence-electron chi connectivity index (χ3n) is 3.15. The Morgan fingerprint density at radius 3 is 3.05 bits per heavy atom. The highest BCUT2D eigenvalue weighted by Gasteiger charge is 2.09. The molecule has 0 aliphatic carbocycles. The van der Waals surface area contributed by atoms with Gasteiger partial charge in [-0.25, -0.2) is 9.78 Å². The fourth-order valence-corrected chi connectivity index (χ4v) is 2.97. The maximum Gasteiger partial charge on any atom is 0.316 e. The van der Waals surface area contributed by atoms with E-state index in [0.717, 1.165) is 22.0 Å². The first kappa shape index (κ1) is 13.4. The summed E-state index contributed by atoms with van der Waals surface area (Å²) in [4.78, 5) is 16.4. The maximum absolute atomic E-state index is 10.9. The first-order valence-corrected chi connectivity index (χ1v) is 7.33. The van der Waals surface area contributed by atoms with Crippen molar-refractivity contribution in [3.63, 3.8) is 0 Å². The van der Waals surface area contributed by atoms with Gasteiger partial charge in [-0.2, -0.15) is 0 Å². The number of nitrogens with two attached hydrogens (primary N) is 1. The zero-order valence-electron chi connectivity index (χ0n) is 11.5. The second kappa shape index (κ2) is 5.45. The van der Waals surface area contributed by atoms with E-state index in [9.17, 15) is 4.79 Å². The van der Waals surface area contributed by atoms with Crippen LogP contribution in [0.15, 0.2) is 35.8 Å². The number of hydrogen-bond acceptors (Lipinski definition) is 4. The number of rotatable bonds is 4. The zero-order valence-corrected chi connectivity index (χ0v) is 12.3. The van der Waals surface area contributed by atoms with E-state index in [1.165, 1.54) is 0 Å². The Morgan fingerprint density at radius 2 is 2.24 bits per heavy atom. The van der Waals surface area contributed by atoms with E-state index < -0.39 is 6.03 Å². The molecule has 0 saturated heterocycles. The van der Waals surface area contributed by atoms with Crippen molar-refractivity contribution < 1.29 is 4.79 Å². The number of carbonyl (C=O) groups excluding carboxylic acids is 1. The minimum atomic E-state index is -0.571. The summed E-state index contributed by atoms with van der Waals surface area (Å²) in [6.45, 7) is 2.66. The molecule has 4 N–H and O–H groups in total. The normalized spacial score (nSPS) is 10.7. The number of imidazole rings is 1. The van der Waals surface area contributed by atoms with Crippen LogP contribution in [0.3, 0.4) is 0 Å². The number of carbonyl (C=O) groups is 1. The molecule has 7 heteroatoms. The number of thiazole rings is 1. The highest BCUT2D eigenvalue weighted by atomic mass is 32.1. The summed E-state index contributed by atoms with van der Waals surface area (Å²) in [6, 6.07) is 6.85. The molecule has 2 amide bonds. The molecule has 3 rings (SSSR count). The molecule has 2 aromatic heterocycles. The number of fused-ring (bicyclic) bond motifs is 1. The Balaban J connectivity index is 1.77. The monoisotopic (exact) mass is 301 g/mol. The second-order valence-electron chi connectivity index (χ2n) is 4.62. The van der Waals surface area contributed by atoms with Crippen molar-refractivity contribution in [2.24, 2.45) is 5.73 Å². The van der Waals surface area contributed by atoms with E-state index in [4.69, 9.17) is 5.73 Å². The molecule has 0 aliphatic rings. The molecule has 6 nitrogen and oxygen atoms in total. The summed E-state index contributed by atoms with van der Waals surface area (Å²) < 4.78 is 2.08. The highest BCUT2D eigenvalue weighted by molar-refractivity contribution is 7.15. The van der Waals surface area contributed by atoms with E-state index in [1.807, 2.05) is 36.7 Å². The smallest absolute Gasteiger partial charge is 0.316 e. The van der Waals surface area contributed by atoms with Gasteiger partial charge in [-0.05, 0) is 25.1 Å². The van der Waals surface area contributed by atoms with Gasteiger partial charge in [0.05, 0.1) is 17.9 Å². The van der Waals surface area contributed by atoms with Gasteiger partial charge in [-0.15, -0.1) is 11.3 Å². The molecule has 0 saturated carbocycles. The third kappa shape index (κ3) is 2.82. The summed E-state index contributed by atoms with van der Waals surface area (Å²) in [5.41, 5.74) is 8.83. The van der Waals surface area contributed by atoms with Gasteiger partial charge in [0.2, 0.25) is 0 Å². The van der Waals surface area contributed by atoms with Crippen molar-refractivity contribution >= 4 is 33.7 Å². The molecule has 0 spiro atoms. The Kier molecular flexibility index (Phi) is 3.49. The van der Waals surface area contributed by atoms with E-state index in [2.05, 4.69) is 20.0 Å². The number of anilines is 2. The van der Waals surface area contributed by atoms with Crippen LogP contribution in [0.1, 0.15) is 11.4 Å². The summed E-state index contributed by atoms with van der Waals surface area (Å²) in [6.07, 6.45) is 2.02. The number of benzene rings is 1. The molecule has 0 fully saturated rings. The Labute approximate surface area is 125 Å². The summed E-state index contributed by atoms with van der Waals surface area (Å²) in [5.74, 6) is 0. The van der Waals surface area contributed by atoms with Gasteiger partial charge in [0, 0.05) is 23.0 Å². The van der Waals surface area contributed by atoms with Crippen LogP contribution in [0.5, 0.6) is 0 Å². The summed E-state index contributed by atoms with van der Waals surface area (Å²) >= 11 is 1.62. The highest BCUT2D eigenvalue weighted by Crippen LogP contribution is 2.19. The molecule has 0 radical (unpaired) electrons. The fourth-order valence-electron chi connectivity index (χ4n) is 2.19. The molecule has 21 heavy (non-hydrogen) atoms. The minimum absolute atomic E-state index is 0.571. The van der Waals surface area contributed by atoms with Gasteiger partial charge in [-0.3, -0.25) is 4.40 Å². The molecular weight excluding hydrogens is 286 g/mol. The largest absolute Gasteiger partial charge is 0.379 e. The standard InChI is InChI=1S/C14H15N5OS/c1-9-12(19-5-6-21-14(19)17-9)8-16-10-3-2-4-11(7-10)18-13(15)20/h2-7,16H,8H2,1H3,(H3,15,18,20). The lowest BCUT2D eigenvalue weighted by Crippen LogP contribution is -2.19. The number of aryl methyl sites for hydroxylation is 1. The minimum Gasteiger partial charge on any atom is -0.379 e. The van der Waals surface area contributed by atoms with Crippen molar-refractivity contribution in [1.82, 2.24) is 9.38 Å². The Hall–Kier alpha value is -2.54. The van der Waals surface area contributed by atoms with Crippen LogP contribution in [-0.4, -0.2) is 15.4 Å². The van der Waals surface area contributed by atoms with E-state index in [1.54, 1.807) is 17.4 Å². The molecule has 0 bridgehead atoms. The van der Waals surface area contributed by atoms with Crippen LogP contribution >= 0.6 is 11.3 Å². The number of amides is 2. The lowest BCUT2D eigenvalue weighted by molar-refractivity contribution is 0.259. The lowest BCUT2D eigenvalue weighted by atomic mass is 10.2. The third-order valence-corrected chi connectivity index (χ3v) is 3.91. The second-order valence-corrected chi connectivity index (χ2v) is 5.50. The van der Waals surface area contributed by atoms with Crippen LogP contribution in [0, 0.1) is 6.92 Å². The number of aromatic nitrogens is 2. The maximum atomic E-state index is 10.9. The lowest BCUT2D eigenvalue weighted by Gasteiger charge is -2.09. The SMILES string of the molecule is Cc1nc2sccn2c1CNc1cccc(NC(N)=O)c1. The summed E-state index contributed by atoms with van der Waals surface area (Å²) in [7, 11) is 0. The number of primary amides is 1. The molecular formula is C14H15N5OS. The van der Waals surface area contributed by atoms with Crippen LogP contribution < -0.4 is 16.4 Å². The first-order chi connectivity index (χ1) is 10.1. The van der Waals surface area contributed by atoms with Gasteiger partial charge >= 0.3 is 6.03 Å². The molecule has 2 heterocycles. The predicted octanol–water partition coefficient (Wildman–Crippen LogP) is 2.81. The van der Waals surface area contributed by atoms with Crippen LogP contribution in [0.4, 0.5) is 16.2 Å². The van der Waals surface area contributed by atoms with Gasteiger partial charge in [0.1, 0.15) is 0 Å². The van der Waals surface area contributed by atoms with Crippen molar-refractivity contribution in [3.8, 4) is 0 Å². The van der Waals surface area contributed by atoms with Gasteiger partial charge in [-0.1, -0.05) is 6.07 Å². The molecule has 0 unspecified atom stereocenters. The van der Waals surface area contributed by atoms with Gasteiger partial charge in [0.25, 0.3) is 0 Å². The molecule has 108 valence electrons. The van der Waals surface area contributed by atoms with Crippen molar-refractivity contribution in [3.05, 3.63) is 47.2 Å². The quantitative estimate of drug-likeness (QED) is 0.692. The topological polar surface area (TPSA) is 84.4 Å². The number of nitrogens with one attached hydrogen (secondary N) is 2. The number of urea groups is 1. The van der Waals surface area contributed by atoms with E-state index >= 15 is 0 Å². The molecule has 0 aliphatic heterocycles. The van der Waals surface area contributed by atoms with Crippen LogP contribution in [0.2, 0.25) is 0 Å². The first-order valence-electron chi connectivity index (χ1n) is 6.45. The van der Waals surface area contributed by atoms with Gasteiger partial charge < -0.3 is 16.4 Å². The summed E-state index contributed by atoms with van der Waals surface area (Å²) in [5, 5.41) is 7.91. The van der Waals surface area contributed by atoms with E-state index in [-0.39, 0.29) is 0 Å². The zero-order chi connectivity index (χ0) is 14.8. The number of hydrogen-bond donors (Lipinski definition) is 3. The van der Waals surface area contributed by atoms with Crippen molar-refractivity contribution in [2.75, 3.05) is 10.6 Å². The predicted molar refractivity (Wildman–Crippen MR) is 84.8 cm³/mol. The fraction of sp³-hybridized carbons (Fsp3) is 0.143. The Morgan fingerprint density at radius 1 is 1.43 bits per heavy atom. The van der Waals surface area contributed by atoms with Crippen LogP contribution in [0.25, 0.3) is 4.96 Å². The van der Waals surface area contributed by atoms with Crippen LogP contribution in [-0.2, 0) is 6.54 Å². The average molecular weight is 301 g/mol. The molecule has 1 aromatic carbocycles. The molecule has 0 atom stereocenters. The van der Waals surface area contributed by atoms with Crippen molar-refractivity contribution in [2.45, 2.75) is 13.5 Å². The van der Waals surface area contributed by atoms with E-state index in [0.29, 0.717) is 12.2 Å². The molecule has 3 aromatic rings. The average Bonchev–Trinajstić information content (AvgIpc) is 2.97.